The Morgan fingerprint density at radius 3 is 2.84 bits per heavy atom. The van der Waals surface area contributed by atoms with E-state index in [0.29, 0.717) is 13.0 Å². The third-order valence-electron chi connectivity index (χ3n) is 5.16. The number of benzene rings is 1. The Morgan fingerprint density at radius 2 is 2.16 bits per heavy atom. The zero-order chi connectivity index (χ0) is 18.0. The Morgan fingerprint density at radius 1 is 1.36 bits per heavy atom. The Hall–Kier alpha value is -2.30. The normalized spacial score (nSPS) is 15.4. The van der Waals surface area contributed by atoms with Crippen LogP contribution >= 0.6 is 0 Å². The molecule has 2 aromatic rings. The van der Waals surface area contributed by atoms with Crippen molar-refractivity contribution in [1.82, 2.24) is 15.1 Å². The molecular weight excluding hydrogens is 314 g/mol. The first-order valence-electron chi connectivity index (χ1n) is 8.94. The van der Waals surface area contributed by atoms with Gasteiger partial charge in [-0.15, -0.1) is 0 Å². The summed E-state index contributed by atoms with van der Waals surface area (Å²) < 4.78 is 5.32. The van der Waals surface area contributed by atoms with Crippen molar-refractivity contribution in [1.29, 1.82) is 0 Å². The lowest BCUT2D eigenvalue weighted by Gasteiger charge is -2.23. The molecule has 0 bridgehead atoms. The Kier molecular flexibility index (Phi) is 5.11. The van der Waals surface area contributed by atoms with Gasteiger partial charge in [-0.05, 0) is 61.4 Å². The van der Waals surface area contributed by atoms with Crippen LogP contribution in [0, 0.1) is 13.8 Å². The van der Waals surface area contributed by atoms with Gasteiger partial charge in [0.05, 0.1) is 12.8 Å². The van der Waals surface area contributed by atoms with Crippen LogP contribution in [0.5, 0.6) is 5.75 Å². The maximum absolute atomic E-state index is 12.9. The Labute approximate surface area is 149 Å². The molecule has 0 radical (unpaired) electrons. The van der Waals surface area contributed by atoms with Gasteiger partial charge in [-0.3, -0.25) is 9.89 Å². The van der Waals surface area contributed by atoms with Gasteiger partial charge >= 0.3 is 0 Å². The first kappa shape index (κ1) is 17.5. The molecule has 0 spiro atoms. The first-order chi connectivity index (χ1) is 12.0. The van der Waals surface area contributed by atoms with Crippen molar-refractivity contribution in [3.63, 3.8) is 0 Å². The summed E-state index contributed by atoms with van der Waals surface area (Å²) in [5.74, 6) is 1.28. The number of nitrogens with one attached hydrogen (secondary N) is 1. The minimum atomic E-state index is 0.171. The van der Waals surface area contributed by atoms with Crippen LogP contribution in [0.2, 0.25) is 0 Å². The van der Waals surface area contributed by atoms with Crippen molar-refractivity contribution in [2.24, 2.45) is 0 Å². The second kappa shape index (κ2) is 7.30. The highest BCUT2D eigenvalue weighted by atomic mass is 16.5. The highest BCUT2D eigenvalue weighted by molar-refractivity contribution is 5.77. The van der Waals surface area contributed by atoms with Crippen molar-refractivity contribution in [2.45, 2.75) is 52.5 Å². The number of ether oxygens (including phenoxy) is 1. The summed E-state index contributed by atoms with van der Waals surface area (Å²) in [7, 11) is 1.69. The third-order valence-corrected chi connectivity index (χ3v) is 5.16. The topological polar surface area (TPSA) is 58.2 Å². The smallest absolute Gasteiger partial charge is 0.223 e. The molecule has 5 nitrogen and oxygen atoms in total. The third kappa shape index (κ3) is 3.70. The number of aromatic nitrogens is 2. The second-order valence-corrected chi connectivity index (χ2v) is 7.01. The largest absolute Gasteiger partial charge is 0.497 e. The number of fused-ring (bicyclic) bond motifs is 1. The van der Waals surface area contributed by atoms with Crippen molar-refractivity contribution in [3.8, 4) is 5.75 Å². The standard InChI is InChI=1S/C20H27N3O2/c1-13(20-14(2)21-22-15(20)3)10-19(24)23-9-5-6-16-11-18(25-4)8-7-17(16)12-23/h7-8,11,13H,5-6,9-10,12H2,1-4H3,(H,21,22)/t13-/m1/s1. The molecule has 0 saturated carbocycles. The maximum Gasteiger partial charge on any atom is 0.223 e. The molecule has 1 aromatic carbocycles. The van der Waals surface area contributed by atoms with Gasteiger partial charge in [0.1, 0.15) is 5.75 Å². The van der Waals surface area contributed by atoms with Crippen LogP contribution in [0.25, 0.3) is 0 Å². The van der Waals surface area contributed by atoms with Crippen LogP contribution in [0.1, 0.15) is 53.8 Å². The summed E-state index contributed by atoms with van der Waals surface area (Å²) in [4.78, 5) is 14.9. The lowest BCUT2D eigenvalue weighted by molar-refractivity contribution is -0.132. The average molecular weight is 341 g/mol. The van der Waals surface area contributed by atoms with Gasteiger partial charge in [0.15, 0.2) is 0 Å². The van der Waals surface area contributed by atoms with Crippen molar-refractivity contribution < 1.29 is 9.53 Å². The summed E-state index contributed by atoms with van der Waals surface area (Å²) in [6, 6.07) is 6.17. The summed E-state index contributed by atoms with van der Waals surface area (Å²) in [6.07, 6.45) is 2.50. The number of hydrogen-bond acceptors (Lipinski definition) is 3. The second-order valence-electron chi connectivity index (χ2n) is 7.01. The number of hydrogen-bond donors (Lipinski definition) is 1. The predicted molar refractivity (Wildman–Crippen MR) is 97.8 cm³/mol. The zero-order valence-corrected chi connectivity index (χ0v) is 15.6. The van der Waals surface area contributed by atoms with Gasteiger partial charge in [-0.1, -0.05) is 13.0 Å². The van der Waals surface area contributed by atoms with E-state index in [-0.39, 0.29) is 11.8 Å². The average Bonchev–Trinajstić information content (AvgIpc) is 2.81. The van der Waals surface area contributed by atoms with Crippen LogP contribution in [-0.4, -0.2) is 34.7 Å². The fourth-order valence-corrected chi connectivity index (χ4v) is 3.85. The van der Waals surface area contributed by atoms with E-state index in [4.69, 9.17) is 4.74 Å². The molecule has 134 valence electrons. The number of aryl methyl sites for hydroxylation is 3. The quantitative estimate of drug-likeness (QED) is 0.926. The Bertz CT molecular complexity index is 747. The molecule has 25 heavy (non-hydrogen) atoms. The van der Waals surface area contributed by atoms with Gasteiger partial charge in [0, 0.05) is 25.2 Å². The summed E-state index contributed by atoms with van der Waals surface area (Å²) >= 11 is 0. The lowest BCUT2D eigenvalue weighted by atomic mass is 9.95. The number of methoxy groups -OCH3 is 1. The summed E-state index contributed by atoms with van der Waals surface area (Å²) in [5.41, 5.74) is 5.75. The fourth-order valence-electron chi connectivity index (χ4n) is 3.85. The first-order valence-corrected chi connectivity index (χ1v) is 8.94. The summed E-state index contributed by atoms with van der Waals surface area (Å²) in [5, 5.41) is 7.27. The molecule has 1 aromatic heterocycles. The van der Waals surface area contributed by atoms with Crippen molar-refractivity contribution in [2.75, 3.05) is 13.7 Å². The van der Waals surface area contributed by atoms with E-state index in [1.807, 2.05) is 24.8 Å². The zero-order valence-electron chi connectivity index (χ0n) is 15.6. The maximum atomic E-state index is 12.9. The van der Waals surface area contributed by atoms with Crippen molar-refractivity contribution in [3.05, 3.63) is 46.3 Å². The summed E-state index contributed by atoms with van der Waals surface area (Å²) in [6.45, 7) is 7.63. The molecule has 1 aliphatic heterocycles. The van der Waals surface area contributed by atoms with E-state index in [9.17, 15) is 4.79 Å². The van der Waals surface area contributed by atoms with Gasteiger partial charge < -0.3 is 9.64 Å². The van der Waals surface area contributed by atoms with Crippen LogP contribution in [0.15, 0.2) is 18.2 Å². The molecular formula is C20H27N3O2. The molecule has 0 fully saturated rings. The van der Waals surface area contributed by atoms with Gasteiger partial charge in [0.25, 0.3) is 0 Å². The van der Waals surface area contributed by atoms with Crippen LogP contribution in [0.4, 0.5) is 0 Å². The minimum absolute atomic E-state index is 0.171. The molecule has 0 unspecified atom stereocenters. The SMILES string of the molecule is COc1ccc2c(c1)CCCN(C(=O)C[C@@H](C)c1c(C)n[nH]c1C)C2. The Balaban J connectivity index is 1.72. The van der Waals surface area contributed by atoms with Crippen LogP contribution in [-0.2, 0) is 17.8 Å². The van der Waals surface area contributed by atoms with Gasteiger partial charge in [-0.25, -0.2) is 0 Å². The predicted octanol–water partition coefficient (Wildman–Crippen LogP) is 3.50. The number of amides is 1. The van der Waals surface area contributed by atoms with Gasteiger partial charge in [-0.2, -0.15) is 5.10 Å². The minimum Gasteiger partial charge on any atom is -0.497 e. The van der Waals surface area contributed by atoms with E-state index in [0.717, 1.165) is 36.5 Å². The van der Waals surface area contributed by atoms with Crippen molar-refractivity contribution >= 4 is 5.91 Å². The molecule has 1 amide bonds. The van der Waals surface area contributed by atoms with Gasteiger partial charge in [0.2, 0.25) is 5.91 Å². The molecule has 1 N–H and O–H groups in total. The monoisotopic (exact) mass is 341 g/mol. The van der Waals surface area contributed by atoms with E-state index >= 15 is 0 Å². The highest BCUT2D eigenvalue weighted by Gasteiger charge is 2.23. The van der Waals surface area contributed by atoms with Crippen LogP contribution < -0.4 is 4.74 Å². The number of aromatic amines is 1. The molecule has 2 heterocycles. The number of carbonyl (C=O) groups is 1. The number of carbonyl (C=O) groups excluding carboxylic acids is 1. The molecule has 0 saturated heterocycles. The molecule has 0 aliphatic carbocycles. The van der Waals surface area contributed by atoms with Crippen LogP contribution in [0.3, 0.4) is 0 Å². The van der Waals surface area contributed by atoms with E-state index < -0.39 is 0 Å². The van der Waals surface area contributed by atoms with E-state index in [1.165, 1.54) is 16.7 Å². The molecule has 1 aliphatic rings. The fraction of sp³-hybridized carbons (Fsp3) is 0.500. The molecule has 3 rings (SSSR count). The molecule has 1 atom stereocenters. The highest BCUT2D eigenvalue weighted by Crippen LogP contribution is 2.27. The van der Waals surface area contributed by atoms with E-state index in [1.54, 1.807) is 7.11 Å². The molecule has 5 heteroatoms. The lowest BCUT2D eigenvalue weighted by Crippen LogP contribution is -2.31. The number of rotatable bonds is 4. The number of H-pyrrole nitrogens is 1. The van der Waals surface area contributed by atoms with E-state index in [2.05, 4.69) is 29.3 Å². The number of nitrogens with zero attached hydrogens (tertiary/aromatic N) is 2.